The highest BCUT2D eigenvalue weighted by molar-refractivity contribution is 6.02. The Morgan fingerprint density at radius 1 is 1.14 bits per heavy atom. The van der Waals surface area contributed by atoms with E-state index < -0.39 is 0 Å². The number of hydrogen-bond acceptors (Lipinski definition) is 6. The first-order chi connectivity index (χ1) is 14.1. The van der Waals surface area contributed by atoms with E-state index in [2.05, 4.69) is 30.2 Å². The van der Waals surface area contributed by atoms with Gasteiger partial charge in [0.1, 0.15) is 17.3 Å². The first kappa shape index (κ1) is 19.1. The fourth-order valence-electron chi connectivity index (χ4n) is 3.65. The third-order valence-electron chi connectivity index (χ3n) is 5.10. The van der Waals surface area contributed by atoms with Crippen molar-refractivity contribution < 1.29 is 4.79 Å². The van der Waals surface area contributed by atoms with E-state index in [9.17, 15) is 4.79 Å². The molecule has 0 radical (unpaired) electrons. The van der Waals surface area contributed by atoms with Crippen LogP contribution < -0.4 is 5.32 Å². The Bertz CT molecular complexity index is 1010. The largest absolute Gasteiger partial charge is 0.305 e. The molecule has 0 spiro atoms. The molecule has 3 aromatic rings. The van der Waals surface area contributed by atoms with Crippen molar-refractivity contribution in [1.82, 2.24) is 24.8 Å². The van der Waals surface area contributed by atoms with Gasteiger partial charge >= 0.3 is 0 Å². The van der Waals surface area contributed by atoms with Crippen LogP contribution in [0.3, 0.4) is 0 Å². The first-order valence-corrected chi connectivity index (χ1v) is 9.82. The highest BCUT2D eigenvalue weighted by Gasteiger charge is 2.29. The van der Waals surface area contributed by atoms with Gasteiger partial charge in [0.25, 0.3) is 5.91 Å². The number of nitrogens with one attached hydrogen (secondary N) is 1. The zero-order chi connectivity index (χ0) is 20.2. The number of anilines is 1. The van der Waals surface area contributed by atoms with Gasteiger partial charge in [0.05, 0.1) is 11.7 Å². The minimum atomic E-state index is -0.271. The number of aromatic nitrogens is 4. The maximum absolute atomic E-state index is 12.8. The molecule has 1 amide bonds. The summed E-state index contributed by atoms with van der Waals surface area (Å²) in [5.74, 6) is 0.974. The van der Waals surface area contributed by atoms with Gasteiger partial charge in [-0.05, 0) is 63.1 Å². The Hall–Kier alpha value is -3.19. The smallest absolute Gasteiger partial charge is 0.275 e. The highest BCUT2D eigenvalue weighted by Crippen LogP contribution is 2.31. The van der Waals surface area contributed by atoms with Gasteiger partial charge in [0.2, 0.25) is 0 Å². The molecule has 7 heteroatoms. The van der Waals surface area contributed by atoms with Crippen LogP contribution in [0.5, 0.6) is 0 Å². The number of carbonyl (C=O) groups is 1. The maximum atomic E-state index is 12.8. The summed E-state index contributed by atoms with van der Waals surface area (Å²) in [5, 5.41) is 2.86. The van der Waals surface area contributed by atoms with E-state index in [4.69, 9.17) is 0 Å². The lowest BCUT2D eigenvalue weighted by molar-refractivity contribution is 0.102. The maximum Gasteiger partial charge on any atom is 0.275 e. The summed E-state index contributed by atoms with van der Waals surface area (Å²) < 4.78 is 0. The Balaban J connectivity index is 1.56. The molecule has 0 aliphatic carbocycles. The van der Waals surface area contributed by atoms with Gasteiger partial charge in [-0.25, -0.2) is 15.0 Å². The second-order valence-electron chi connectivity index (χ2n) is 7.33. The molecule has 1 unspecified atom stereocenters. The van der Waals surface area contributed by atoms with E-state index in [0.29, 0.717) is 17.3 Å². The van der Waals surface area contributed by atoms with Gasteiger partial charge in [-0.15, -0.1) is 0 Å². The van der Waals surface area contributed by atoms with E-state index in [-0.39, 0.29) is 11.9 Å². The van der Waals surface area contributed by atoms with Gasteiger partial charge in [0.15, 0.2) is 0 Å². The van der Waals surface area contributed by atoms with Gasteiger partial charge in [-0.2, -0.15) is 0 Å². The van der Waals surface area contributed by atoms with Gasteiger partial charge in [0, 0.05) is 24.6 Å². The zero-order valence-electron chi connectivity index (χ0n) is 16.7. The average Bonchev–Trinajstić information content (AvgIpc) is 3.18. The fourth-order valence-corrected chi connectivity index (χ4v) is 3.65. The summed E-state index contributed by atoms with van der Waals surface area (Å²) in [6, 6.07) is 11.5. The molecule has 0 aromatic carbocycles. The summed E-state index contributed by atoms with van der Waals surface area (Å²) in [5.41, 5.74) is 3.07. The lowest BCUT2D eigenvalue weighted by atomic mass is 10.2. The number of likely N-dealkylation sites (tertiary alicyclic amines) is 1. The molecule has 1 aliphatic rings. The summed E-state index contributed by atoms with van der Waals surface area (Å²) in [6.07, 6.45) is 5.51. The number of rotatable bonds is 5. The summed E-state index contributed by atoms with van der Waals surface area (Å²) in [4.78, 5) is 33.1. The molecular formula is C22H24N6O. The van der Waals surface area contributed by atoms with Crippen molar-refractivity contribution in [2.24, 2.45) is 0 Å². The van der Waals surface area contributed by atoms with Crippen LogP contribution in [0.4, 0.5) is 5.82 Å². The zero-order valence-corrected chi connectivity index (χ0v) is 16.7. The molecule has 7 nitrogen and oxygen atoms in total. The number of nitrogens with zero attached hydrogens (tertiary/aromatic N) is 5. The molecular weight excluding hydrogens is 364 g/mol. The minimum Gasteiger partial charge on any atom is -0.305 e. The molecule has 4 heterocycles. The van der Waals surface area contributed by atoms with Gasteiger partial charge < -0.3 is 5.32 Å². The van der Waals surface area contributed by atoms with Crippen molar-refractivity contribution in [3.8, 4) is 0 Å². The second kappa shape index (κ2) is 8.45. The number of hydrogen-bond donors (Lipinski definition) is 1. The Kier molecular flexibility index (Phi) is 5.57. The molecule has 4 rings (SSSR count). The van der Waals surface area contributed by atoms with Crippen LogP contribution in [0.15, 0.2) is 48.8 Å². The molecule has 1 atom stereocenters. The average molecular weight is 388 g/mol. The van der Waals surface area contributed by atoms with Crippen LogP contribution >= 0.6 is 0 Å². The van der Waals surface area contributed by atoms with Gasteiger partial charge in [-0.3, -0.25) is 14.7 Å². The van der Waals surface area contributed by atoms with Crippen LogP contribution in [-0.4, -0.2) is 37.3 Å². The number of amides is 1. The van der Waals surface area contributed by atoms with E-state index in [0.717, 1.165) is 42.9 Å². The predicted octanol–water partition coefficient (Wildman–Crippen LogP) is 3.47. The third kappa shape index (κ3) is 4.46. The minimum absolute atomic E-state index is 0.0834. The Morgan fingerprint density at radius 3 is 2.79 bits per heavy atom. The second-order valence-corrected chi connectivity index (χ2v) is 7.33. The van der Waals surface area contributed by atoms with Crippen molar-refractivity contribution in [3.05, 3.63) is 77.3 Å². The predicted molar refractivity (Wildman–Crippen MR) is 110 cm³/mol. The van der Waals surface area contributed by atoms with Crippen LogP contribution in [0.2, 0.25) is 0 Å². The molecule has 1 fully saturated rings. The molecule has 148 valence electrons. The number of carbonyl (C=O) groups excluding carboxylic acids is 1. The van der Waals surface area contributed by atoms with E-state index in [1.165, 1.54) is 0 Å². The van der Waals surface area contributed by atoms with Crippen LogP contribution in [-0.2, 0) is 6.54 Å². The lowest BCUT2D eigenvalue weighted by Gasteiger charge is -2.23. The van der Waals surface area contributed by atoms with Crippen molar-refractivity contribution in [2.45, 2.75) is 39.3 Å². The highest BCUT2D eigenvalue weighted by atomic mass is 16.1. The topological polar surface area (TPSA) is 83.9 Å². The molecule has 1 aliphatic heterocycles. The fraction of sp³-hybridized carbons (Fsp3) is 0.318. The molecule has 29 heavy (non-hydrogen) atoms. The number of aryl methyl sites for hydroxylation is 2. The number of pyridine rings is 2. The Labute approximate surface area is 170 Å². The Morgan fingerprint density at radius 2 is 2.00 bits per heavy atom. The van der Waals surface area contributed by atoms with Gasteiger partial charge in [-0.1, -0.05) is 12.1 Å². The van der Waals surface area contributed by atoms with Crippen LogP contribution in [0.1, 0.15) is 52.1 Å². The molecule has 0 saturated carbocycles. The van der Waals surface area contributed by atoms with Crippen molar-refractivity contribution in [1.29, 1.82) is 0 Å². The normalized spacial score (nSPS) is 16.7. The standard InChI is InChI=1S/C22H24N6O/c1-15-7-5-11-24-20(15)27-22(29)18-13-16(2)25-21(26-18)19-9-6-12-28(19)14-17-8-3-4-10-23-17/h3-5,7-8,10-11,13,19H,6,9,12,14H2,1-2H3,(H,24,27,29). The molecule has 1 N–H and O–H groups in total. The van der Waals surface area contributed by atoms with Crippen LogP contribution in [0, 0.1) is 13.8 Å². The summed E-state index contributed by atoms with van der Waals surface area (Å²) in [7, 11) is 0. The first-order valence-electron chi connectivity index (χ1n) is 9.82. The third-order valence-corrected chi connectivity index (χ3v) is 5.10. The van der Waals surface area contributed by atoms with E-state index in [1.54, 1.807) is 12.3 Å². The lowest BCUT2D eigenvalue weighted by Crippen LogP contribution is -2.26. The van der Waals surface area contributed by atoms with Crippen molar-refractivity contribution in [2.75, 3.05) is 11.9 Å². The van der Waals surface area contributed by atoms with Crippen molar-refractivity contribution in [3.63, 3.8) is 0 Å². The molecule has 3 aromatic heterocycles. The molecule has 0 bridgehead atoms. The SMILES string of the molecule is Cc1cc(C(=O)Nc2ncccc2C)nc(C2CCCN2Cc2ccccn2)n1. The monoisotopic (exact) mass is 388 g/mol. The summed E-state index contributed by atoms with van der Waals surface area (Å²) in [6.45, 7) is 5.52. The van der Waals surface area contributed by atoms with Crippen LogP contribution in [0.25, 0.3) is 0 Å². The van der Waals surface area contributed by atoms with Crippen molar-refractivity contribution >= 4 is 11.7 Å². The summed E-state index contributed by atoms with van der Waals surface area (Å²) >= 11 is 0. The quantitative estimate of drug-likeness (QED) is 0.720. The van der Waals surface area contributed by atoms with E-state index >= 15 is 0 Å². The molecule has 1 saturated heterocycles. The van der Waals surface area contributed by atoms with E-state index in [1.807, 2.05) is 50.4 Å².